The lowest BCUT2D eigenvalue weighted by atomic mass is 10.3. The molecule has 0 aliphatic rings. The largest absolute Gasteiger partial charge is 0.495 e. The highest BCUT2D eigenvalue weighted by Crippen LogP contribution is 2.26. The van der Waals surface area contributed by atoms with E-state index in [1.54, 1.807) is 7.11 Å². The second-order valence-electron chi connectivity index (χ2n) is 4.84. The summed E-state index contributed by atoms with van der Waals surface area (Å²) in [5.74, 6) is 2.14. The van der Waals surface area contributed by atoms with Gasteiger partial charge in [-0.15, -0.1) is 0 Å². The first-order chi connectivity index (χ1) is 9.58. The van der Waals surface area contributed by atoms with E-state index in [0.717, 1.165) is 22.9 Å². The molecule has 106 valence electrons. The predicted molar refractivity (Wildman–Crippen MR) is 81.8 cm³/mol. The predicted octanol–water partition coefficient (Wildman–Crippen LogP) is 3.36. The average molecular weight is 272 g/mol. The summed E-state index contributed by atoms with van der Waals surface area (Å²) in [7, 11) is 1.65. The molecule has 2 aromatic rings. The number of hydrogen-bond acceptors (Lipinski definition) is 5. The number of ether oxygens (including phenoxy) is 1. The molecule has 0 saturated carbocycles. The topological polar surface area (TPSA) is 59.1 Å². The fourth-order valence-electron chi connectivity index (χ4n) is 1.84. The Balaban J connectivity index is 2.26. The molecule has 5 heteroatoms. The Morgan fingerprint density at radius 2 is 1.90 bits per heavy atom. The summed E-state index contributed by atoms with van der Waals surface area (Å²) in [5, 5.41) is 6.47. The van der Waals surface area contributed by atoms with Crippen molar-refractivity contribution >= 4 is 17.5 Å². The van der Waals surface area contributed by atoms with Crippen LogP contribution in [0.2, 0.25) is 0 Å². The molecular formula is C15H20N4O. The van der Waals surface area contributed by atoms with E-state index in [-0.39, 0.29) is 6.04 Å². The van der Waals surface area contributed by atoms with Gasteiger partial charge < -0.3 is 15.4 Å². The van der Waals surface area contributed by atoms with Crippen LogP contribution in [0.15, 0.2) is 30.3 Å². The van der Waals surface area contributed by atoms with Gasteiger partial charge in [0.2, 0.25) is 5.95 Å². The summed E-state index contributed by atoms with van der Waals surface area (Å²) < 4.78 is 5.32. The van der Waals surface area contributed by atoms with Crippen LogP contribution in [0, 0.1) is 6.92 Å². The Kier molecular flexibility index (Phi) is 4.40. The normalized spacial score (nSPS) is 10.4. The van der Waals surface area contributed by atoms with Crippen LogP contribution in [-0.4, -0.2) is 23.1 Å². The van der Waals surface area contributed by atoms with Gasteiger partial charge in [-0.3, -0.25) is 0 Å². The third-order valence-electron chi connectivity index (χ3n) is 2.64. The number of para-hydroxylation sites is 2. The van der Waals surface area contributed by atoms with E-state index < -0.39 is 0 Å². The Morgan fingerprint density at radius 3 is 2.60 bits per heavy atom. The molecule has 0 aliphatic heterocycles. The first-order valence-electron chi connectivity index (χ1n) is 6.60. The van der Waals surface area contributed by atoms with Crippen LogP contribution in [0.4, 0.5) is 17.5 Å². The van der Waals surface area contributed by atoms with Gasteiger partial charge in [0.05, 0.1) is 12.8 Å². The summed E-state index contributed by atoms with van der Waals surface area (Å²) in [6, 6.07) is 9.93. The highest BCUT2D eigenvalue weighted by molar-refractivity contribution is 5.64. The first-order valence-corrected chi connectivity index (χ1v) is 6.60. The molecule has 2 rings (SSSR count). The average Bonchev–Trinajstić information content (AvgIpc) is 2.37. The molecule has 0 saturated heterocycles. The van der Waals surface area contributed by atoms with E-state index in [1.807, 2.05) is 37.3 Å². The van der Waals surface area contributed by atoms with Crippen LogP contribution >= 0.6 is 0 Å². The van der Waals surface area contributed by atoms with E-state index in [9.17, 15) is 0 Å². The molecule has 2 N–H and O–H groups in total. The smallest absolute Gasteiger partial charge is 0.225 e. The van der Waals surface area contributed by atoms with E-state index >= 15 is 0 Å². The monoisotopic (exact) mass is 272 g/mol. The van der Waals surface area contributed by atoms with E-state index in [4.69, 9.17) is 4.74 Å². The molecule has 1 aromatic carbocycles. The zero-order valence-electron chi connectivity index (χ0n) is 12.3. The van der Waals surface area contributed by atoms with Gasteiger partial charge in [0, 0.05) is 17.8 Å². The molecule has 0 atom stereocenters. The fourth-order valence-corrected chi connectivity index (χ4v) is 1.84. The number of nitrogens with one attached hydrogen (secondary N) is 2. The number of anilines is 3. The molecule has 5 nitrogen and oxygen atoms in total. The van der Waals surface area contributed by atoms with E-state index in [0.29, 0.717) is 5.95 Å². The van der Waals surface area contributed by atoms with Crippen molar-refractivity contribution in [3.05, 3.63) is 36.0 Å². The van der Waals surface area contributed by atoms with Crippen molar-refractivity contribution in [1.82, 2.24) is 9.97 Å². The molecule has 0 amide bonds. The van der Waals surface area contributed by atoms with E-state index in [2.05, 4.69) is 34.4 Å². The zero-order valence-corrected chi connectivity index (χ0v) is 12.3. The molecule has 0 aliphatic carbocycles. The van der Waals surface area contributed by atoms with E-state index in [1.165, 1.54) is 0 Å². The molecule has 20 heavy (non-hydrogen) atoms. The molecule has 1 aromatic heterocycles. The zero-order chi connectivity index (χ0) is 14.5. The van der Waals surface area contributed by atoms with Crippen LogP contribution in [-0.2, 0) is 0 Å². The number of hydrogen-bond donors (Lipinski definition) is 2. The minimum atomic E-state index is 0.288. The minimum absolute atomic E-state index is 0.288. The van der Waals surface area contributed by atoms with Gasteiger partial charge in [0.25, 0.3) is 0 Å². The lowest BCUT2D eigenvalue weighted by Crippen LogP contribution is -2.13. The third-order valence-corrected chi connectivity index (χ3v) is 2.64. The Morgan fingerprint density at radius 1 is 1.15 bits per heavy atom. The van der Waals surface area contributed by atoms with Crippen LogP contribution < -0.4 is 15.4 Å². The van der Waals surface area contributed by atoms with Crippen LogP contribution in [0.1, 0.15) is 19.5 Å². The van der Waals surface area contributed by atoms with Crippen LogP contribution in [0.3, 0.4) is 0 Å². The highest BCUT2D eigenvalue weighted by atomic mass is 16.5. The van der Waals surface area contributed by atoms with Gasteiger partial charge in [-0.25, -0.2) is 4.98 Å². The standard InChI is InChI=1S/C15H20N4O/c1-10(2)16-15-17-11(3)9-14(19-15)18-12-7-5-6-8-13(12)20-4/h5-10H,1-4H3,(H2,16,17,18,19). The van der Waals surface area contributed by atoms with Crippen molar-refractivity contribution in [3.8, 4) is 5.75 Å². The second-order valence-corrected chi connectivity index (χ2v) is 4.84. The lowest BCUT2D eigenvalue weighted by molar-refractivity contribution is 0.417. The number of aryl methyl sites for hydroxylation is 1. The molecule has 0 fully saturated rings. The summed E-state index contributed by atoms with van der Waals surface area (Å²) in [4.78, 5) is 8.82. The van der Waals surface area contributed by atoms with Gasteiger partial charge in [-0.2, -0.15) is 4.98 Å². The fraction of sp³-hybridized carbons (Fsp3) is 0.333. The Hall–Kier alpha value is -2.30. The van der Waals surface area contributed by atoms with Crippen molar-refractivity contribution in [2.45, 2.75) is 26.8 Å². The Labute approximate surface area is 119 Å². The lowest BCUT2D eigenvalue weighted by Gasteiger charge is -2.13. The minimum Gasteiger partial charge on any atom is -0.495 e. The number of benzene rings is 1. The van der Waals surface area contributed by atoms with Crippen LogP contribution in [0.25, 0.3) is 0 Å². The molecular weight excluding hydrogens is 252 g/mol. The number of aromatic nitrogens is 2. The maximum Gasteiger partial charge on any atom is 0.225 e. The van der Waals surface area contributed by atoms with Crippen molar-refractivity contribution in [2.24, 2.45) is 0 Å². The van der Waals surface area contributed by atoms with Crippen molar-refractivity contribution in [2.75, 3.05) is 17.7 Å². The molecule has 0 spiro atoms. The first kappa shape index (κ1) is 14.1. The molecule has 0 unspecified atom stereocenters. The maximum atomic E-state index is 5.32. The molecule has 0 radical (unpaired) electrons. The van der Waals surface area contributed by atoms with Crippen molar-refractivity contribution < 1.29 is 4.74 Å². The summed E-state index contributed by atoms with van der Waals surface area (Å²) in [6.07, 6.45) is 0. The van der Waals surface area contributed by atoms with Crippen molar-refractivity contribution in [3.63, 3.8) is 0 Å². The number of nitrogens with zero attached hydrogens (tertiary/aromatic N) is 2. The van der Waals surface area contributed by atoms with Gasteiger partial charge in [-0.1, -0.05) is 12.1 Å². The molecule has 1 heterocycles. The van der Waals surface area contributed by atoms with Crippen molar-refractivity contribution in [1.29, 1.82) is 0 Å². The van der Waals surface area contributed by atoms with Gasteiger partial charge in [0.1, 0.15) is 11.6 Å². The maximum absolute atomic E-state index is 5.32. The summed E-state index contributed by atoms with van der Waals surface area (Å²) >= 11 is 0. The molecule has 0 bridgehead atoms. The van der Waals surface area contributed by atoms with Gasteiger partial charge >= 0.3 is 0 Å². The number of rotatable bonds is 5. The van der Waals surface area contributed by atoms with Crippen LogP contribution in [0.5, 0.6) is 5.75 Å². The van der Waals surface area contributed by atoms with Gasteiger partial charge in [-0.05, 0) is 32.9 Å². The Bertz CT molecular complexity index is 584. The van der Waals surface area contributed by atoms with Gasteiger partial charge in [0.15, 0.2) is 0 Å². The summed E-state index contributed by atoms with van der Waals surface area (Å²) in [6.45, 7) is 6.05. The number of methoxy groups -OCH3 is 1. The summed E-state index contributed by atoms with van der Waals surface area (Å²) in [5.41, 5.74) is 1.78. The SMILES string of the molecule is COc1ccccc1Nc1cc(C)nc(NC(C)C)n1. The third kappa shape index (κ3) is 3.60. The second kappa shape index (κ2) is 6.23. The quantitative estimate of drug-likeness (QED) is 0.874. The highest BCUT2D eigenvalue weighted by Gasteiger charge is 2.06.